The molecule has 0 bridgehead atoms. The normalized spacial score (nSPS) is 21.1. The maximum atomic E-state index is 12.8. The van der Waals surface area contributed by atoms with E-state index >= 15 is 0 Å². The summed E-state index contributed by atoms with van der Waals surface area (Å²) in [6.45, 7) is -0.0729. The minimum Gasteiger partial charge on any atom is -0.390 e. The van der Waals surface area contributed by atoms with Crippen molar-refractivity contribution in [1.82, 2.24) is 4.90 Å². The minimum absolute atomic E-state index is 0.0511. The molecule has 2 rings (SSSR count). The highest BCUT2D eigenvalue weighted by Crippen LogP contribution is 2.37. The van der Waals surface area contributed by atoms with Crippen LogP contribution in [-0.2, 0) is 20.6 Å². The number of terminal acetylenes is 1. The summed E-state index contributed by atoms with van der Waals surface area (Å²) in [4.78, 5) is 44.3. The third-order valence-electron chi connectivity index (χ3n) is 5.45. The van der Waals surface area contributed by atoms with E-state index in [2.05, 4.69) is 11.2 Å². The lowest BCUT2D eigenvalue weighted by Gasteiger charge is -2.40. The highest BCUT2D eigenvalue weighted by atomic mass is 31.2. The van der Waals surface area contributed by atoms with E-state index in [0.717, 1.165) is 5.56 Å². The topological polar surface area (TPSA) is 147 Å². The molecule has 1 aromatic rings. The van der Waals surface area contributed by atoms with Crippen molar-refractivity contribution in [2.75, 3.05) is 18.0 Å². The molecular formula is C22H31N2O7P. The molecule has 1 fully saturated rings. The number of aryl methyl sites for hydroxylation is 1. The van der Waals surface area contributed by atoms with Crippen molar-refractivity contribution in [2.45, 2.75) is 63.2 Å². The summed E-state index contributed by atoms with van der Waals surface area (Å²) in [5, 5.41) is 22.7. The summed E-state index contributed by atoms with van der Waals surface area (Å²) < 4.78 is 11.2. The van der Waals surface area contributed by atoms with Crippen LogP contribution in [0.4, 0.5) is 5.69 Å². The molecule has 1 aliphatic heterocycles. The zero-order valence-electron chi connectivity index (χ0n) is 17.9. The van der Waals surface area contributed by atoms with E-state index in [1.807, 2.05) is 12.1 Å². The number of nitrogens with zero attached hydrogens (tertiary/aromatic N) is 1. The Morgan fingerprint density at radius 1 is 1.16 bits per heavy atom. The largest absolute Gasteiger partial charge is 0.390 e. The van der Waals surface area contributed by atoms with Gasteiger partial charge in [-0.3, -0.25) is 14.2 Å². The molecule has 176 valence electrons. The Bertz CT molecular complexity index is 862. The first-order chi connectivity index (χ1) is 15.1. The summed E-state index contributed by atoms with van der Waals surface area (Å²) in [5.41, 5.74) is 1.53. The average Bonchev–Trinajstić information content (AvgIpc) is 2.73. The molecule has 9 nitrogen and oxygen atoms in total. The highest BCUT2D eigenvalue weighted by molar-refractivity contribution is 7.51. The molecule has 10 heteroatoms. The van der Waals surface area contributed by atoms with Crippen molar-refractivity contribution >= 4 is 25.1 Å². The second-order valence-electron chi connectivity index (χ2n) is 8.05. The summed E-state index contributed by atoms with van der Waals surface area (Å²) in [7, 11) is -4.23. The van der Waals surface area contributed by atoms with E-state index in [9.17, 15) is 24.4 Å². The number of unbranched alkanes of at least 4 members (excludes halogenated alkanes) is 1. The number of piperidine rings is 1. The van der Waals surface area contributed by atoms with Gasteiger partial charge in [0.15, 0.2) is 0 Å². The number of amides is 2. The van der Waals surface area contributed by atoms with Crippen molar-refractivity contribution in [1.29, 1.82) is 0 Å². The zero-order valence-corrected chi connectivity index (χ0v) is 18.8. The molecule has 1 heterocycles. The third-order valence-corrected chi connectivity index (χ3v) is 6.29. The fourth-order valence-corrected chi connectivity index (χ4v) is 4.29. The number of β-amino-alcohol motifs (C(OH)–C–C–N with tert-alkyl or cyclic N) is 1. The highest BCUT2D eigenvalue weighted by Gasteiger charge is 2.36. The van der Waals surface area contributed by atoms with Gasteiger partial charge in [-0.1, -0.05) is 12.1 Å². The molecule has 0 saturated carbocycles. The maximum absolute atomic E-state index is 12.8. The first kappa shape index (κ1) is 26.0. The first-order valence-corrected chi connectivity index (χ1v) is 12.4. The quantitative estimate of drug-likeness (QED) is 0.198. The van der Waals surface area contributed by atoms with Crippen molar-refractivity contribution in [3.8, 4) is 12.3 Å². The summed E-state index contributed by atoms with van der Waals surface area (Å²) in [6.07, 6.45) is 4.88. The van der Waals surface area contributed by atoms with Crippen LogP contribution >= 0.6 is 7.60 Å². The number of aliphatic hydroxyl groups is 2. The maximum Gasteiger partial charge on any atom is 0.325 e. The Kier molecular flexibility index (Phi) is 9.88. The molecule has 5 N–H and O–H groups in total. The van der Waals surface area contributed by atoms with Gasteiger partial charge in [0.1, 0.15) is 0 Å². The van der Waals surface area contributed by atoms with E-state index in [1.165, 1.54) is 4.90 Å². The molecule has 0 aliphatic carbocycles. The van der Waals surface area contributed by atoms with Crippen LogP contribution in [0.25, 0.3) is 0 Å². The summed E-state index contributed by atoms with van der Waals surface area (Å²) in [6, 6.07) is 6.58. The van der Waals surface area contributed by atoms with Crippen LogP contribution in [-0.4, -0.2) is 67.7 Å². The fourth-order valence-electron chi connectivity index (χ4n) is 3.66. The molecular weight excluding hydrogens is 435 g/mol. The lowest BCUT2D eigenvalue weighted by molar-refractivity contribution is -0.143. The van der Waals surface area contributed by atoms with Gasteiger partial charge in [0.25, 0.3) is 0 Å². The van der Waals surface area contributed by atoms with E-state index < -0.39 is 25.8 Å². The predicted octanol–water partition coefficient (Wildman–Crippen LogP) is 1.25. The minimum atomic E-state index is -4.23. The second kappa shape index (κ2) is 12.1. The Balaban J connectivity index is 1.89. The van der Waals surface area contributed by atoms with E-state index in [0.29, 0.717) is 31.4 Å². The molecule has 3 atom stereocenters. The number of carbonyl (C=O) groups is 2. The lowest BCUT2D eigenvalue weighted by atomic mass is 9.94. The Hall–Kier alpha value is -2.21. The van der Waals surface area contributed by atoms with Crippen LogP contribution < -0.4 is 5.32 Å². The number of aliphatic hydroxyl groups excluding tert-OH is 2. The molecule has 0 spiro atoms. The Morgan fingerprint density at radius 3 is 2.47 bits per heavy atom. The summed E-state index contributed by atoms with van der Waals surface area (Å²) >= 11 is 0. The van der Waals surface area contributed by atoms with Gasteiger partial charge in [0.2, 0.25) is 11.8 Å². The van der Waals surface area contributed by atoms with Crippen molar-refractivity contribution in [3.05, 3.63) is 29.8 Å². The van der Waals surface area contributed by atoms with Gasteiger partial charge in [-0.15, -0.1) is 12.3 Å². The van der Waals surface area contributed by atoms with Gasteiger partial charge >= 0.3 is 7.60 Å². The number of benzene rings is 1. The van der Waals surface area contributed by atoms with Gasteiger partial charge in [-0.05, 0) is 43.4 Å². The monoisotopic (exact) mass is 466 g/mol. The fraction of sp³-hybridized carbons (Fsp3) is 0.545. The van der Waals surface area contributed by atoms with Crippen LogP contribution in [0.15, 0.2) is 24.3 Å². The number of rotatable bonds is 10. The third kappa shape index (κ3) is 8.73. The smallest absolute Gasteiger partial charge is 0.325 e. The lowest BCUT2D eigenvalue weighted by Crippen LogP contribution is -2.54. The van der Waals surface area contributed by atoms with Gasteiger partial charge in [-0.2, -0.15) is 0 Å². The van der Waals surface area contributed by atoms with Crippen molar-refractivity contribution in [2.24, 2.45) is 0 Å². The second-order valence-corrected chi connectivity index (χ2v) is 9.83. The molecule has 3 unspecified atom stereocenters. The average molecular weight is 466 g/mol. The standard InChI is InChI=1S/C22H31N2O7P/c1-2-3-4-5-21(27)23-17-9-6-16(7-10-17)8-11-22(28)24-15-20(26)19(25)14-18(24)12-13-32(29,30)31/h1,6-7,9-10,18-20,25-26H,3-5,8,11-15H2,(H,23,27)(H2,29,30,31). The summed E-state index contributed by atoms with van der Waals surface area (Å²) in [5.74, 6) is 2.12. The number of nitrogens with one attached hydrogen (secondary N) is 1. The molecule has 0 aromatic heterocycles. The van der Waals surface area contributed by atoms with E-state index in [4.69, 9.17) is 16.2 Å². The van der Waals surface area contributed by atoms with Crippen LogP contribution in [0.2, 0.25) is 0 Å². The first-order valence-electron chi connectivity index (χ1n) is 10.6. The van der Waals surface area contributed by atoms with Crippen LogP contribution in [0, 0.1) is 12.3 Å². The van der Waals surface area contributed by atoms with E-state index in [-0.39, 0.29) is 43.8 Å². The van der Waals surface area contributed by atoms with Crippen LogP contribution in [0.1, 0.15) is 44.1 Å². The van der Waals surface area contributed by atoms with Crippen molar-refractivity contribution in [3.63, 3.8) is 0 Å². The molecule has 1 aliphatic rings. The molecule has 1 saturated heterocycles. The number of hydrogen-bond donors (Lipinski definition) is 5. The SMILES string of the molecule is C#CCCCC(=O)Nc1ccc(CCC(=O)N2CC(O)C(O)CC2CCP(=O)(O)O)cc1. The van der Waals surface area contributed by atoms with Gasteiger partial charge < -0.3 is 30.2 Å². The predicted molar refractivity (Wildman–Crippen MR) is 120 cm³/mol. The molecule has 2 amide bonds. The van der Waals surface area contributed by atoms with Gasteiger partial charge in [-0.25, -0.2) is 0 Å². The van der Waals surface area contributed by atoms with Crippen LogP contribution in [0.5, 0.6) is 0 Å². The number of anilines is 1. The van der Waals surface area contributed by atoms with E-state index in [1.54, 1.807) is 12.1 Å². The Morgan fingerprint density at radius 2 is 1.84 bits per heavy atom. The number of hydrogen-bond acceptors (Lipinski definition) is 5. The molecule has 0 radical (unpaired) electrons. The van der Waals surface area contributed by atoms with Gasteiger partial charge in [0.05, 0.1) is 18.4 Å². The molecule has 1 aromatic carbocycles. The van der Waals surface area contributed by atoms with Crippen LogP contribution in [0.3, 0.4) is 0 Å². The Labute approximate surface area is 188 Å². The molecule has 32 heavy (non-hydrogen) atoms. The number of carbonyl (C=O) groups excluding carboxylic acids is 2. The van der Waals surface area contributed by atoms with Gasteiger partial charge in [0, 0.05) is 37.5 Å². The number of likely N-dealkylation sites (tertiary alicyclic amines) is 1. The van der Waals surface area contributed by atoms with Crippen molar-refractivity contribution < 1.29 is 34.2 Å². The zero-order chi connectivity index (χ0) is 23.7.